The first-order valence-corrected chi connectivity index (χ1v) is 20.8. The van der Waals surface area contributed by atoms with Crippen LogP contribution in [0.5, 0.6) is 0 Å². The summed E-state index contributed by atoms with van der Waals surface area (Å²) in [6.45, 7) is 11.8. The number of aliphatic hydroxyl groups is 3. The van der Waals surface area contributed by atoms with Gasteiger partial charge in [0.1, 0.15) is 35.7 Å². The van der Waals surface area contributed by atoms with E-state index in [4.69, 9.17) is 28.1 Å². The van der Waals surface area contributed by atoms with Gasteiger partial charge in [0.25, 0.3) is 5.24 Å². The second-order valence-electron chi connectivity index (χ2n) is 17.3. The lowest BCUT2D eigenvalue weighted by Crippen LogP contribution is -2.82. The zero-order chi connectivity index (χ0) is 44.1. The molecule has 1 aromatic carbocycles. The third-order valence-corrected chi connectivity index (χ3v) is 13.9. The molecule has 3 aliphatic carbocycles. The van der Waals surface area contributed by atoms with Crippen LogP contribution in [0.25, 0.3) is 0 Å². The zero-order valence-corrected chi connectivity index (χ0v) is 35.6. The number of esters is 4. The van der Waals surface area contributed by atoms with Crippen molar-refractivity contribution >= 4 is 46.7 Å². The van der Waals surface area contributed by atoms with E-state index in [9.17, 15) is 39.3 Å². The number of hydrogen-bond acceptors (Lipinski definition) is 16. The molecule has 1 aliphatic heterocycles. The predicted octanol–water partition coefficient (Wildman–Crippen LogP) is 4.00. The van der Waals surface area contributed by atoms with Gasteiger partial charge < -0.3 is 48.7 Å². The van der Waals surface area contributed by atoms with E-state index in [0.29, 0.717) is 5.75 Å². The minimum Gasteiger partial charge on any atom is -0.467 e. The maximum Gasteiger partial charge on any atom is 0.338 e. The Kier molecular flexibility index (Phi) is 12.5. The van der Waals surface area contributed by atoms with Gasteiger partial charge in [0.2, 0.25) is 0 Å². The Morgan fingerprint density at radius 1 is 0.983 bits per heavy atom. The summed E-state index contributed by atoms with van der Waals surface area (Å²) in [6, 6.07) is 9.37. The van der Waals surface area contributed by atoms with E-state index in [1.54, 1.807) is 32.0 Å². The summed E-state index contributed by atoms with van der Waals surface area (Å²) in [4.78, 5) is 82.6. The number of aliphatic hydroxyl groups excluding tert-OH is 2. The molecule has 2 saturated carbocycles. The van der Waals surface area contributed by atoms with E-state index in [-0.39, 0.29) is 41.4 Å². The van der Waals surface area contributed by atoms with Crippen LogP contribution in [0.15, 0.2) is 64.3 Å². The number of ketones is 1. The van der Waals surface area contributed by atoms with Gasteiger partial charge in [-0.15, -0.1) is 0 Å². The van der Waals surface area contributed by atoms with Crippen molar-refractivity contribution in [1.29, 1.82) is 0 Å². The number of hydrogen-bond donors (Lipinski definition) is 4. The predicted molar refractivity (Wildman–Crippen MR) is 212 cm³/mol. The Hall–Kier alpha value is -4.55. The molecule has 0 radical (unpaired) electrons. The van der Waals surface area contributed by atoms with Crippen molar-refractivity contribution in [3.05, 3.63) is 71.2 Å². The molecule has 1 amide bonds. The van der Waals surface area contributed by atoms with Gasteiger partial charge in [0, 0.05) is 37.9 Å². The summed E-state index contributed by atoms with van der Waals surface area (Å²) in [7, 11) is 0. The van der Waals surface area contributed by atoms with Gasteiger partial charge in [-0.2, -0.15) is 0 Å². The summed E-state index contributed by atoms with van der Waals surface area (Å²) >= 11 is 0.947. The van der Waals surface area contributed by atoms with E-state index in [1.165, 1.54) is 44.4 Å². The van der Waals surface area contributed by atoms with Crippen molar-refractivity contribution in [2.45, 2.75) is 122 Å². The Morgan fingerprint density at radius 2 is 1.67 bits per heavy atom. The highest BCUT2D eigenvalue weighted by molar-refractivity contribution is 8.13. The standard InChI is InChI=1S/C43H53NO15S/c1-21(2)19-60-39(52)44-31(26-15-12-16-54-26)32(48)38(51)57-27-18-43(53)36(58-37(50)25-13-10-9-11-14-25)34-41(8,28(47)17-29-42(34,20-55-29)59-24(5)46)35(49)33(56-23(4)45)30(22(27)3)40(43,6)7/h9-16,21,27-29,31-34,36,47-48,53H,17-20H2,1-8H3,(H,44,52)/t27-,28-,29+,31-,32+,33+,34-,36-,41+,42-,43+/m0/s1. The minimum absolute atomic E-state index is 0.00846. The summed E-state index contributed by atoms with van der Waals surface area (Å²) in [5.41, 5.74) is -7.65. The molecule has 2 heterocycles. The van der Waals surface area contributed by atoms with Crippen molar-refractivity contribution in [3.63, 3.8) is 0 Å². The average molecular weight is 856 g/mol. The maximum absolute atomic E-state index is 15.4. The van der Waals surface area contributed by atoms with Crippen LogP contribution in [-0.2, 0) is 42.9 Å². The molecule has 1 saturated heterocycles. The van der Waals surface area contributed by atoms with Gasteiger partial charge in [-0.05, 0) is 55.2 Å². The Bertz CT molecular complexity index is 2030. The zero-order valence-electron chi connectivity index (χ0n) is 34.8. The van der Waals surface area contributed by atoms with E-state index < -0.39 is 112 Å². The first kappa shape index (κ1) is 45.0. The van der Waals surface area contributed by atoms with E-state index in [1.807, 2.05) is 13.8 Å². The minimum atomic E-state index is -2.39. The third-order valence-electron chi connectivity index (χ3n) is 12.7. The number of carbonyl (C=O) groups excluding carboxylic acids is 6. The molecule has 3 fully saturated rings. The SMILES string of the molecule is CC(=O)O[C@H]1C(=O)[C@@]2(C)[C@H]([C@H](OC(=O)c3ccccc3)[C@]3(O)C[C@H](OC(=O)[C@H](O)[C@@H](NC(=O)SCC(C)C)c4ccco4)C(C)=C1C3(C)C)[C@]1(OC(C)=O)CO[C@@H]1C[C@@H]2O. The molecule has 1 aromatic heterocycles. The van der Waals surface area contributed by atoms with E-state index >= 15 is 4.79 Å². The van der Waals surface area contributed by atoms with Crippen LogP contribution in [0.1, 0.15) is 90.4 Å². The molecule has 16 nitrogen and oxygen atoms in total. The summed E-state index contributed by atoms with van der Waals surface area (Å²) < 4.78 is 35.6. The number of amides is 1. The molecule has 60 heavy (non-hydrogen) atoms. The van der Waals surface area contributed by atoms with Crippen LogP contribution in [0.3, 0.4) is 0 Å². The molecule has 2 bridgehead atoms. The lowest BCUT2D eigenvalue weighted by Gasteiger charge is -2.67. The smallest absolute Gasteiger partial charge is 0.338 e. The van der Waals surface area contributed by atoms with Gasteiger partial charge in [-0.25, -0.2) is 9.59 Å². The van der Waals surface area contributed by atoms with Crippen LogP contribution < -0.4 is 5.32 Å². The highest BCUT2D eigenvalue weighted by Crippen LogP contribution is 2.64. The van der Waals surface area contributed by atoms with Gasteiger partial charge in [0.15, 0.2) is 23.6 Å². The number of furan rings is 1. The van der Waals surface area contributed by atoms with Crippen molar-refractivity contribution in [3.8, 4) is 0 Å². The van der Waals surface area contributed by atoms with Crippen molar-refractivity contribution < 1.29 is 72.2 Å². The number of nitrogens with one attached hydrogen (secondary N) is 1. The molecule has 6 rings (SSSR count). The van der Waals surface area contributed by atoms with Gasteiger partial charge in [-0.1, -0.05) is 57.7 Å². The van der Waals surface area contributed by atoms with Crippen molar-refractivity contribution in [2.24, 2.45) is 22.7 Å². The highest BCUT2D eigenvalue weighted by atomic mass is 32.2. The highest BCUT2D eigenvalue weighted by Gasteiger charge is 2.78. The Morgan fingerprint density at radius 3 is 2.23 bits per heavy atom. The second-order valence-corrected chi connectivity index (χ2v) is 18.2. The summed E-state index contributed by atoms with van der Waals surface area (Å²) in [5.74, 6) is -5.64. The fourth-order valence-electron chi connectivity index (χ4n) is 9.55. The Labute approximate surface area is 351 Å². The van der Waals surface area contributed by atoms with Crippen molar-refractivity contribution in [1.82, 2.24) is 5.32 Å². The monoisotopic (exact) mass is 855 g/mol. The first-order chi connectivity index (χ1) is 28.1. The number of benzene rings is 1. The summed E-state index contributed by atoms with van der Waals surface area (Å²) in [5, 5.41) is 39.3. The quantitative estimate of drug-likeness (QED) is 0.142. The lowest BCUT2D eigenvalue weighted by molar-refractivity contribution is -0.346. The van der Waals surface area contributed by atoms with Crippen LogP contribution in [0.2, 0.25) is 0 Å². The molecule has 4 aliphatic rings. The van der Waals surface area contributed by atoms with Gasteiger partial charge >= 0.3 is 23.9 Å². The maximum atomic E-state index is 15.4. The summed E-state index contributed by atoms with van der Waals surface area (Å²) in [6.07, 6.45) is -9.25. The van der Waals surface area contributed by atoms with Gasteiger partial charge in [-0.3, -0.25) is 19.2 Å². The molecule has 0 unspecified atom stereocenters. The fourth-order valence-corrected chi connectivity index (χ4v) is 10.2. The molecule has 326 valence electrons. The van der Waals surface area contributed by atoms with Crippen LogP contribution in [0.4, 0.5) is 4.79 Å². The number of fused-ring (bicyclic) bond motifs is 5. The molecule has 2 aromatic rings. The first-order valence-electron chi connectivity index (χ1n) is 19.9. The number of carbonyl (C=O) groups is 6. The lowest BCUT2D eigenvalue weighted by atomic mass is 9.44. The third kappa shape index (κ3) is 7.67. The van der Waals surface area contributed by atoms with E-state index in [2.05, 4.69) is 5.32 Å². The molecular weight excluding hydrogens is 803 g/mol. The molecule has 11 atom stereocenters. The normalized spacial score (nSPS) is 32.8. The topological polar surface area (TPSA) is 234 Å². The number of ether oxygens (including phenoxy) is 5. The molecular formula is C43H53NO15S. The Balaban J connectivity index is 1.52. The molecule has 17 heteroatoms. The molecule has 4 N–H and O–H groups in total. The number of thioether (sulfide) groups is 1. The van der Waals surface area contributed by atoms with Crippen LogP contribution >= 0.6 is 11.8 Å². The van der Waals surface area contributed by atoms with Crippen LogP contribution in [-0.4, -0.2) is 110 Å². The van der Waals surface area contributed by atoms with Crippen molar-refractivity contribution in [2.75, 3.05) is 12.4 Å². The van der Waals surface area contributed by atoms with Crippen LogP contribution in [0, 0.1) is 22.7 Å². The molecule has 0 spiro atoms. The number of Topliss-reactive ketones (excluding diaryl/α,β-unsaturated/α-hetero) is 1. The largest absolute Gasteiger partial charge is 0.467 e. The second kappa shape index (κ2) is 16.7. The number of rotatable bonds is 11. The average Bonchev–Trinajstić information content (AvgIpc) is 3.72. The van der Waals surface area contributed by atoms with Gasteiger partial charge in [0.05, 0.1) is 35.9 Å². The van der Waals surface area contributed by atoms with E-state index in [0.717, 1.165) is 25.6 Å². The fraction of sp³-hybridized carbons (Fsp3) is 0.581.